The van der Waals surface area contributed by atoms with Gasteiger partial charge in [0.25, 0.3) is 5.69 Å². The van der Waals surface area contributed by atoms with E-state index in [9.17, 15) is 14.9 Å². The lowest BCUT2D eigenvalue weighted by atomic mass is 10.1. The van der Waals surface area contributed by atoms with E-state index >= 15 is 0 Å². The molecule has 0 spiro atoms. The highest BCUT2D eigenvalue weighted by molar-refractivity contribution is 14.1. The first-order chi connectivity index (χ1) is 9.97. The molecule has 2 rings (SSSR count). The van der Waals surface area contributed by atoms with Gasteiger partial charge in [0.1, 0.15) is 0 Å². The number of nitro benzene ring substituents is 1. The van der Waals surface area contributed by atoms with Crippen LogP contribution in [0.5, 0.6) is 0 Å². The minimum absolute atomic E-state index is 0.0262. The summed E-state index contributed by atoms with van der Waals surface area (Å²) in [7, 11) is 0. The second-order valence-electron chi connectivity index (χ2n) is 4.57. The number of hydrogen-bond donors (Lipinski definition) is 1. The Morgan fingerprint density at radius 3 is 2.67 bits per heavy atom. The van der Waals surface area contributed by atoms with E-state index in [0.29, 0.717) is 11.3 Å². The van der Waals surface area contributed by atoms with Crippen molar-refractivity contribution in [3.8, 4) is 0 Å². The average molecular weight is 396 g/mol. The molecule has 2 aromatic carbocycles. The fourth-order valence-electron chi connectivity index (χ4n) is 1.89. The number of benzene rings is 2. The third-order valence-corrected chi connectivity index (χ3v) is 4.16. The first kappa shape index (κ1) is 15.4. The molecule has 1 amide bonds. The van der Waals surface area contributed by atoms with Gasteiger partial charge in [-0.15, -0.1) is 0 Å². The second kappa shape index (κ2) is 6.66. The number of rotatable bonds is 4. The third kappa shape index (κ3) is 4.01. The van der Waals surface area contributed by atoms with Gasteiger partial charge in [0.05, 0.1) is 11.3 Å². The molecule has 0 saturated carbocycles. The smallest absolute Gasteiger partial charge is 0.273 e. The zero-order valence-corrected chi connectivity index (χ0v) is 13.5. The van der Waals surface area contributed by atoms with Gasteiger partial charge in [-0.1, -0.05) is 24.3 Å². The number of nitro groups is 1. The number of nitrogens with one attached hydrogen (secondary N) is 1. The van der Waals surface area contributed by atoms with Crippen molar-refractivity contribution in [2.45, 2.75) is 13.3 Å². The Labute approximate surface area is 135 Å². The summed E-state index contributed by atoms with van der Waals surface area (Å²) < 4.78 is 1.05. The first-order valence-electron chi connectivity index (χ1n) is 6.25. The lowest BCUT2D eigenvalue weighted by molar-refractivity contribution is -0.385. The molecule has 0 unspecified atom stereocenters. The maximum absolute atomic E-state index is 12.0. The van der Waals surface area contributed by atoms with Crippen LogP contribution in [0.15, 0.2) is 42.5 Å². The maximum Gasteiger partial charge on any atom is 0.273 e. The number of para-hydroxylation sites is 1. The Morgan fingerprint density at radius 1 is 1.29 bits per heavy atom. The minimum Gasteiger partial charge on any atom is -0.326 e. The fourth-order valence-corrected chi connectivity index (χ4v) is 2.40. The molecule has 0 bridgehead atoms. The number of carbonyl (C=O) groups is 1. The highest BCUT2D eigenvalue weighted by atomic mass is 127. The molecule has 0 radical (unpaired) electrons. The summed E-state index contributed by atoms with van der Waals surface area (Å²) in [5, 5.41) is 13.7. The lowest BCUT2D eigenvalue weighted by Gasteiger charge is -2.07. The molecular weight excluding hydrogens is 383 g/mol. The molecule has 0 aromatic heterocycles. The first-order valence-corrected chi connectivity index (χ1v) is 7.33. The van der Waals surface area contributed by atoms with Gasteiger partial charge in [0.15, 0.2) is 0 Å². The van der Waals surface area contributed by atoms with E-state index in [0.717, 1.165) is 9.13 Å². The van der Waals surface area contributed by atoms with Crippen molar-refractivity contribution in [2.75, 3.05) is 5.32 Å². The number of hydrogen-bond acceptors (Lipinski definition) is 3. The quantitative estimate of drug-likeness (QED) is 0.487. The van der Waals surface area contributed by atoms with Crippen molar-refractivity contribution in [1.29, 1.82) is 0 Å². The summed E-state index contributed by atoms with van der Waals surface area (Å²) >= 11 is 2.19. The summed E-state index contributed by atoms with van der Waals surface area (Å²) in [6.45, 7) is 1.99. The van der Waals surface area contributed by atoms with Crippen molar-refractivity contribution in [2.24, 2.45) is 0 Å². The van der Waals surface area contributed by atoms with Crippen LogP contribution < -0.4 is 5.32 Å². The Morgan fingerprint density at radius 2 is 2.00 bits per heavy atom. The Hall–Kier alpha value is -1.96. The summed E-state index contributed by atoms with van der Waals surface area (Å²) in [6, 6.07) is 11.9. The van der Waals surface area contributed by atoms with E-state index in [1.54, 1.807) is 18.2 Å². The van der Waals surface area contributed by atoms with Gasteiger partial charge in [0, 0.05) is 20.9 Å². The molecule has 5 nitrogen and oxygen atoms in total. The topological polar surface area (TPSA) is 72.2 Å². The van der Waals surface area contributed by atoms with E-state index in [1.807, 2.05) is 25.1 Å². The van der Waals surface area contributed by atoms with E-state index in [2.05, 4.69) is 27.9 Å². The molecule has 0 aliphatic carbocycles. The number of halogens is 1. The zero-order valence-electron chi connectivity index (χ0n) is 11.3. The van der Waals surface area contributed by atoms with Crippen LogP contribution >= 0.6 is 22.6 Å². The van der Waals surface area contributed by atoms with E-state index < -0.39 is 4.92 Å². The predicted octanol–water partition coefficient (Wildman–Crippen LogP) is 3.69. The Kier molecular flexibility index (Phi) is 4.89. The van der Waals surface area contributed by atoms with Crippen LogP contribution in [0.4, 0.5) is 11.4 Å². The van der Waals surface area contributed by atoms with Crippen LogP contribution in [-0.4, -0.2) is 10.8 Å². The lowest BCUT2D eigenvalue weighted by Crippen LogP contribution is -2.15. The highest BCUT2D eigenvalue weighted by Crippen LogP contribution is 2.20. The van der Waals surface area contributed by atoms with Crippen molar-refractivity contribution in [3.05, 3.63) is 67.3 Å². The normalized spacial score (nSPS) is 10.2. The van der Waals surface area contributed by atoms with Crippen molar-refractivity contribution in [1.82, 2.24) is 0 Å². The minimum atomic E-state index is -0.475. The SMILES string of the molecule is Cc1ccc(NC(=O)Cc2ccccc2[N+](=O)[O-])cc1I. The van der Waals surface area contributed by atoms with E-state index in [-0.39, 0.29) is 18.0 Å². The van der Waals surface area contributed by atoms with E-state index in [1.165, 1.54) is 6.07 Å². The predicted molar refractivity (Wildman–Crippen MR) is 89.3 cm³/mol. The van der Waals surface area contributed by atoms with Crippen LogP contribution in [0, 0.1) is 20.6 Å². The molecule has 2 aromatic rings. The van der Waals surface area contributed by atoms with E-state index in [4.69, 9.17) is 0 Å². The number of nitrogens with zero attached hydrogens (tertiary/aromatic N) is 1. The average Bonchev–Trinajstić information content (AvgIpc) is 2.43. The summed E-state index contributed by atoms with van der Waals surface area (Å²) in [5.41, 5.74) is 2.19. The number of amides is 1. The standard InChI is InChI=1S/C15H13IN2O3/c1-10-6-7-12(9-13(10)16)17-15(19)8-11-4-2-3-5-14(11)18(20)21/h2-7,9H,8H2,1H3,(H,17,19). The summed E-state index contributed by atoms with van der Waals surface area (Å²) in [4.78, 5) is 22.5. The van der Waals surface area contributed by atoms with Gasteiger partial charge in [-0.3, -0.25) is 14.9 Å². The molecule has 0 fully saturated rings. The molecular formula is C15H13IN2O3. The fraction of sp³-hybridized carbons (Fsp3) is 0.133. The zero-order chi connectivity index (χ0) is 15.4. The molecule has 0 atom stereocenters. The molecule has 108 valence electrons. The van der Waals surface area contributed by atoms with Crippen molar-refractivity contribution < 1.29 is 9.72 Å². The van der Waals surface area contributed by atoms with Gasteiger partial charge in [-0.25, -0.2) is 0 Å². The number of anilines is 1. The molecule has 0 aliphatic heterocycles. The van der Waals surface area contributed by atoms with Crippen LogP contribution in [0.1, 0.15) is 11.1 Å². The van der Waals surface area contributed by atoms with Crippen molar-refractivity contribution in [3.63, 3.8) is 0 Å². The Bertz CT molecular complexity index is 701. The highest BCUT2D eigenvalue weighted by Gasteiger charge is 2.15. The van der Waals surface area contributed by atoms with Gasteiger partial charge in [0.2, 0.25) is 5.91 Å². The molecule has 0 saturated heterocycles. The molecule has 0 heterocycles. The Balaban J connectivity index is 2.12. The van der Waals surface area contributed by atoms with Gasteiger partial charge in [-0.2, -0.15) is 0 Å². The summed E-state index contributed by atoms with van der Waals surface area (Å²) in [6.07, 6.45) is -0.0262. The molecule has 6 heteroatoms. The number of carbonyl (C=O) groups excluding carboxylic acids is 1. The molecule has 21 heavy (non-hydrogen) atoms. The summed E-state index contributed by atoms with van der Waals surface area (Å²) in [5.74, 6) is -0.274. The second-order valence-corrected chi connectivity index (χ2v) is 5.74. The molecule has 0 aliphatic rings. The van der Waals surface area contributed by atoms with Crippen LogP contribution in [0.3, 0.4) is 0 Å². The van der Waals surface area contributed by atoms with Gasteiger partial charge < -0.3 is 5.32 Å². The molecule has 1 N–H and O–H groups in total. The maximum atomic E-state index is 12.0. The van der Waals surface area contributed by atoms with Crippen LogP contribution in [0.2, 0.25) is 0 Å². The monoisotopic (exact) mass is 396 g/mol. The van der Waals surface area contributed by atoms with Gasteiger partial charge in [-0.05, 0) is 47.2 Å². The van der Waals surface area contributed by atoms with Crippen LogP contribution in [0.25, 0.3) is 0 Å². The third-order valence-electron chi connectivity index (χ3n) is 2.99. The largest absolute Gasteiger partial charge is 0.326 e. The number of aryl methyl sites for hydroxylation is 1. The van der Waals surface area contributed by atoms with Gasteiger partial charge >= 0.3 is 0 Å². The van der Waals surface area contributed by atoms with Crippen molar-refractivity contribution >= 4 is 39.9 Å². The van der Waals surface area contributed by atoms with Crippen LogP contribution in [-0.2, 0) is 11.2 Å².